The van der Waals surface area contributed by atoms with Crippen LogP contribution in [0.3, 0.4) is 0 Å². The molecule has 3 rings (SSSR count). The van der Waals surface area contributed by atoms with E-state index >= 15 is 0 Å². The number of benzene rings is 1. The van der Waals surface area contributed by atoms with Gasteiger partial charge in [-0.1, -0.05) is 41.9 Å². The monoisotopic (exact) mass is 288 g/mol. The van der Waals surface area contributed by atoms with Crippen molar-refractivity contribution < 1.29 is 4.74 Å². The van der Waals surface area contributed by atoms with Crippen LogP contribution in [0.15, 0.2) is 36.7 Å². The number of nitrogens with zero attached hydrogens (tertiary/aromatic N) is 4. The summed E-state index contributed by atoms with van der Waals surface area (Å²) in [5.74, 6) is 0.819. The summed E-state index contributed by atoms with van der Waals surface area (Å²) in [4.78, 5) is 12.9. The van der Waals surface area contributed by atoms with Crippen molar-refractivity contribution in [3.63, 3.8) is 0 Å². The second kappa shape index (κ2) is 5.56. The number of rotatable bonds is 4. The van der Waals surface area contributed by atoms with E-state index in [9.17, 15) is 0 Å². The summed E-state index contributed by atoms with van der Waals surface area (Å²) in [6.45, 7) is 1.23. The fraction of sp³-hybridized carbons (Fsp3) is 0.214. The van der Waals surface area contributed by atoms with Crippen molar-refractivity contribution in [1.82, 2.24) is 19.5 Å². The molecule has 102 valence electrons. The lowest BCUT2D eigenvalue weighted by atomic mass is 10.2. The lowest BCUT2D eigenvalue weighted by molar-refractivity contribution is 0.188. The van der Waals surface area contributed by atoms with Gasteiger partial charge in [0.2, 0.25) is 0 Å². The number of imidazole rings is 1. The number of hydrogen-bond donors (Lipinski definition) is 0. The second-order valence-corrected chi connectivity index (χ2v) is 4.64. The summed E-state index contributed by atoms with van der Waals surface area (Å²) in [7, 11) is 1.67. The van der Waals surface area contributed by atoms with E-state index in [1.54, 1.807) is 7.11 Å². The fourth-order valence-corrected chi connectivity index (χ4v) is 2.28. The van der Waals surface area contributed by atoms with Crippen molar-refractivity contribution in [2.75, 3.05) is 13.7 Å². The molecule has 0 atom stereocenters. The summed E-state index contributed by atoms with van der Waals surface area (Å²) < 4.78 is 7.16. The molecule has 0 N–H and O–H groups in total. The Bertz CT molecular complexity index is 727. The Morgan fingerprint density at radius 2 is 2.00 bits per heavy atom. The van der Waals surface area contributed by atoms with Gasteiger partial charge < -0.3 is 9.30 Å². The molecule has 0 saturated heterocycles. The van der Waals surface area contributed by atoms with Crippen LogP contribution in [0.5, 0.6) is 0 Å². The van der Waals surface area contributed by atoms with Gasteiger partial charge in [0.1, 0.15) is 17.7 Å². The van der Waals surface area contributed by atoms with Crippen LogP contribution in [0, 0.1) is 0 Å². The van der Waals surface area contributed by atoms with Gasteiger partial charge in [0.25, 0.3) is 0 Å². The van der Waals surface area contributed by atoms with Crippen LogP contribution in [0.4, 0.5) is 0 Å². The van der Waals surface area contributed by atoms with Crippen LogP contribution in [0.2, 0.25) is 5.15 Å². The van der Waals surface area contributed by atoms with Gasteiger partial charge in [-0.2, -0.15) is 0 Å². The van der Waals surface area contributed by atoms with Crippen molar-refractivity contribution in [1.29, 1.82) is 0 Å². The summed E-state index contributed by atoms with van der Waals surface area (Å²) in [6, 6.07) is 9.93. The van der Waals surface area contributed by atoms with E-state index < -0.39 is 0 Å². The lowest BCUT2D eigenvalue weighted by Gasteiger charge is -2.07. The number of halogens is 1. The Hall–Kier alpha value is -1.98. The molecule has 0 fully saturated rings. The minimum Gasteiger partial charge on any atom is -0.383 e. The molecule has 2 aromatic heterocycles. The molecule has 5 nitrogen and oxygen atoms in total. The zero-order chi connectivity index (χ0) is 13.9. The van der Waals surface area contributed by atoms with Crippen LogP contribution in [0.1, 0.15) is 0 Å². The highest BCUT2D eigenvalue weighted by Gasteiger charge is 2.15. The molecule has 0 unspecified atom stereocenters. The minimum atomic E-state index is 0.364. The van der Waals surface area contributed by atoms with Crippen molar-refractivity contribution >= 4 is 22.8 Å². The Kier molecular flexibility index (Phi) is 3.62. The zero-order valence-corrected chi connectivity index (χ0v) is 11.7. The van der Waals surface area contributed by atoms with E-state index in [1.165, 1.54) is 6.33 Å². The van der Waals surface area contributed by atoms with Crippen molar-refractivity contribution in [3.05, 3.63) is 41.8 Å². The van der Waals surface area contributed by atoms with Gasteiger partial charge in [-0.3, -0.25) is 0 Å². The fourth-order valence-electron chi connectivity index (χ4n) is 2.11. The first-order valence-corrected chi connectivity index (χ1v) is 6.60. The molecule has 2 heterocycles. The van der Waals surface area contributed by atoms with Crippen molar-refractivity contribution in [2.45, 2.75) is 6.54 Å². The Morgan fingerprint density at radius 3 is 2.75 bits per heavy atom. The van der Waals surface area contributed by atoms with Crippen LogP contribution >= 0.6 is 11.6 Å². The van der Waals surface area contributed by atoms with E-state index in [0.29, 0.717) is 23.8 Å². The van der Waals surface area contributed by atoms with Crippen molar-refractivity contribution in [2.24, 2.45) is 0 Å². The van der Waals surface area contributed by atoms with Gasteiger partial charge in [-0.05, 0) is 0 Å². The smallest absolute Gasteiger partial charge is 0.165 e. The molecule has 0 aliphatic heterocycles. The van der Waals surface area contributed by atoms with Gasteiger partial charge in [-0.15, -0.1) is 0 Å². The molecule has 20 heavy (non-hydrogen) atoms. The highest BCUT2D eigenvalue weighted by molar-refractivity contribution is 6.33. The molecule has 0 saturated carbocycles. The summed E-state index contributed by atoms with van der Waals surface area (Å²) in [6.07, 6.45) is 1.45. The SMILES string of the molecule is COCCn1c(-c2ccccc2)nc2c(Cl)ncnc21. The predicted molar refractivity (Wildman–Crippen MR) is 77.6 cm³/mol. The number of fused-ring (bicyclic) bond motifs is 1. The third-order valence-corrected chi connectivity index (χ3v) is 3.31. The third-order valence-electron chi connectivity index (χ3n) is 3.04. The first kappa shape index (κ1) is 13.0. The molecule has 0 aliphatic rings. The zero-order valence-electron chi connectivity index (χ0n) is 11.0. The quantitative estimate of drug-likeness (QED) is 0.693. The van der Waals surface area contributed by atoms with Crippen LogP contribution in [0.25, 0.3) is 22.6 Å². The molecule has 0 radical (unpaired) electrons. The second-order valence-electron chi connectivity index (χ2n) is 4.28. The van der Waals surface area contributed by atoms with Gasteiger partial charge in [0.15, 0.2) is 10.8 Å². The third kappa shape index (κ3) is 2.26. The summed E-state index contributed by atoms with van der Waals surface area (Å²) >= 11 is 6.11. The van der Waals surface area contributed by atoms with Gasteiger partial charge in [0, 0.05) is 19.2 Å². The maximum atomic E-state index is 6.11. The number of aromatic nitrogens is 4. The summed E-state index contributed by atoms with van der Waals surface area (Å²) in [5, 5.41) is 0.364. The van der Waals surface area contributed by atoms with Crippen LogP contribution in [-0.4, -0.2) is 33.2 Å². The molecule has 0 amide bonds. The molecule has 3 aromatic rings. The van der Waals surface area contributed by atoms with E-state index in [-0.39, 0.29) is 0 Å². The van der Waals surface area contributed by atoms with Gasteiger partial charge >= 0.3 is 0 Å². The lowest BCUT2D eigenvalue weighted by Crippen LogP contribution is -2.06. The van der Waals surface area contributed by atoms with Gasteiger partial charge in [-0.25, -0.2) is 15.0 Å². The summed E-state index contributed by atoms with van der Waals surface area (Å²) in [5.41, 5.74) is 2.35. The molecule has 0 spiro atoms. The number of hydrogen-bond acceptors (Lipinski definition) is 4. The highest BCUT2D eigenvalue weighted by atomic mass is 35.5. The van der Waals surface area contributed by atoms with E-state index in [4.69, 9.17) is 16.3 Å². The van der Waals surface area contributed by atoms with E-state index in [0.717, 1.165) is 17.0 Å². The molecule has 1 aromatic carbocycles. The normalized spacial score (nSPS) is 11.1. The highest BCUT2D eigenvalue weighted by Crippen LogP contribution is 2.26. The number of ether oxygens (including phenoxy) is 1. The minimum absolute atomic E-state index is 0.364. The molecule has 6 heteroatoms. The van der Waals surface area contributed by atoms with Crippen LogP contribution in [-0.2, 0) is 11.3 Å². The van der Waals surface area contributed by atoms with E-state index in [1.807, 2.05) is 34.9 Å². The van der Waals surface area contributed by atoms with Gasteiger partial charge in [0.05, 0.1) is 6.61 Å². The Balaban J connectivity index is 2.22. The standard InChI is InChI=1S/C14H13ClN4O/c1-20-8-7-19-13(10-5-3-2-4-6-10)18-11-12(15)16-9-17-14(11)19/h2-6,9H,7-8H2,1H3. The first-order valence-electron chi connectivity index (χ1n) is 6.22. The molecular weight excluding hydrogens is 276 g/mol. The van der Waals surface area contributed by atoms with Crippen LogP contribution < -0.4 is 0 Å². The number of methoxy groups -OCH3 is 1. The Labute approximate surface area is 121 Å². The van der Waals surface area contributed by atoms with E-state index in [2.05, 4.69) is 15.0 Å². The topological polar surface area (TPSA) is 52.8 Å². The average molecular weight is 289 g/mol. The molecule has 0 aliphatic carbocycles. The van der Waals surface area contributed by atoms with Crippen molar-refractivity contribution in [3.8, 4) is 11.4 Å². The maximum Gasteiger partial charge on any atom is 0.165 e. The maximum absolute atomic E-state index is 6.11. The average Bonchev–Trinajstić information content (AvgIpc) is 2.86. The Morgan fingerprint density at radius 1 is 1.20 bits per heavy atom. The first-order chi connectivity index (χ1) is 9.81. The molecule has 0 bridgehead atoms. The predicted octanol–water partition coefficient (Wildman–Crippen LogP) is 2.79. The largest absolute Gasteiger partial charge is 0.383 e. The molecular formula is C14H13ClN4O.